The van der Waals surface area contributed by atoms with E-state index in [1.54, 1.807) is 0 Å². The van der Waals surface area contributed by atoms with E-state index in [9.17, 15) is 19.2 Å². The molecule has 0 atom stereocenters. The van der Waals surface area contributed by atoms with E-state index in [0.29, 0.717) is 13.0 Å². The quantitative estimate of drug-likeness (QED) is 0.0633. The monoisotopic (exact) mass is 528 g/mol. The number of hydrogen-bond donors (Lipinski definition) is 0. The second kappa shape index (κ2) is 22.1. The van der Waals surface area contributed by atoms with Crippen molar-refractivity contribution in [2.45, 2.75) is 130 Å². The summed E-state index contributed by atoms with van der Waals surface area (Å²) < 4.78 is 20.6. The molecule has 0 aliphatic rings. The molecule has 0 bridgehead atoms. The van der Waals surface area contributed by atoms with E-state index >= 15 is 0 Å². The van der Waals surface area contributed by atoms with Gasteiger partial charge in [-0.3, -0.25) is 14.4 Å². The Labute approximate surface area is 218 Å². The fourth-order valence-corrected chi connectivity index (χ4v) is 6.45. The van der Waals surface area contributed by atoms with Crippen molar-refractivity contribution >= 4 is 32.7 Å². The van der Waals surface area contributed by atoms with Crippen molar-refractivity contribution in [2.75, 3.05) is 6.61 Å². The zero-order chi connectivity index (χ0) is 27.1. The molecule has 0 aliphatic carbocycles. The summed E-state index contributed by atoms with van der Waals surface area (Å²) >= 11 is 0. The first-order valence-electron chi connectivity index (χ1n) is 13.6. The first kappa shape index (κ1) is 33.8. The largest absolute Gasteiger partial charge is 0.705 e. The topological polar surface area (TPSA) is 105 Å². The van der Waals surface area contributed by atoms with Crippen LogP contribution >= 0.6 is 0 Å². The maximum atomic E-state index is 11.5. The zero-order valence-corrected chi connectivity index (χ0v) is 23.8. The molecule has 0 N–H and O–H groups in total. The van der Waals surface area contributed by atoms with Crippen LogP contribution in [0.15, 0.2) is 12.7 Å². The average Bonchev–Trinajstić information content (AvgIpc) is 2.78. The molecule has 0 rings (SSSR count). The van der Waals surface area contributed by atoms with Gasteiger partial charge in [0, 0.05) is 26.8 Å². The lowest BCUT2D eigenvalue weighted by molar-refractivity contribution is -0.148. The summed E-state index contributed by atoms with van der Waals surface area (Å²) in [6.07, 6.45) is 19.6. The lowest BCUT2D eigenvalue weighted by atomic mass is 10.0. The summed E-state index contributed by atoms with van der Waals surface area (Å²) in [6, 6.07) is 0.261. The first-order valence-corrected chi connectivity index (χ1v) is 15.5. The Morgan fingerprint density at radius 2 is 0.861 bits per heavy atom. The molecule has 0 aromatic carbocycles. The normalized spacial score (nSPS) is 11.0. The van der Waals surface area contributed by atoms with Crippen molar-refractivity contribution in [3.8, 4) is 0 Å². The Kier molecular flexibility index (Phi) is 20.7. The van der Waals surface area contributed by atoms with Crippen LogP contribution in [0.1, 0.15) is 124 Å². The highest BCUT2D eigenvalue weighted by molar-refractivity contribution is 6.65. The fourth-order valence-electron chi connectivity index (χ4n) is 4.02. The number of carbonyl (C=O) groups excluding carboxylic acids is 4. The van der Waals surface area contributed by atoms with Crippen LogP contribution in [0, 0.1) is 0 Å². The molecule has 0 aromatic rings. The van der Waals surface area contributed by atoms with E-state index in [2.05, 4.69) is 6.58 Å². The minimum Gasteiger partial charge on any atom is -0.463 e. The molecule has 0 unspecified atom stereocenters. The number of carbonyl (C=O) groups is 4. The molecule has 36 heavy (non-hydrogen) atoms. The molecule has 208 valence electrons. The molecule has 0 saturated carbocycles. The van der Waals surface area contributed by atoms with Crippen molar-refractivity contribution in [2.24, 2.45) is 0 Å². The van der Waals surface area contributed by atoms with Gasteiger partial charge in [-0.25, -0.2) is 4.79 Å². The van der Waals surface area contributed by atoms with Crippen molar-refractivity contribution < 1.29 is 37.2 Å². The summed E-state index contributed by atoms with van der Waals surface area (Å²) in [5.74, 6) is -2.20. The van der Waals surface area contributed by atoms with E-state index < -0.39 is 26.7 Å². The van der Waals surface area contributed by atoms with Gasteiger partial charge in [-0.05, 0) is 12.8 Å². The third-order valence-electron chi connectivity index (χ3n) is 5.69. The minimum absolute atomic E-state index is 0.261. The lowest BCUT2D eigenvalue weighted by Gasteiger charge is -2.26. The third kappa shape index (κ3) is 21.1. The van der Waals surface area contributed by atoms with E-state index in [-0.39, 0.29) is 12.0 Å². The molecule has 8 nitrogen and oxygen atoms in total. The summed E-state index contributed by atoms with van der Waals surface area (Å²) in [4.78, 5) is 45.3. The van der Waals surface area contributed by atoms with Gasteiger partial charge in [0.25, 0.3) is 17.9 Å². The summed E-state index contributed by atoms with van der Waals surface area (Å²) in [7, 11) is -3.67. The van der Waals surface area contributed by atoms with Crippen LogP contribution in [0.25, 0.3) is 0 Å². The molecular formula is C27H48O8Si. The molecule has 0 amide bonds. The van der Waals surface area contributed by atoms with Crippen LogP contribution in [0.4, 0.5) is 0 Å². The van der Waals surface area contributed by atoms with E-state index in [0.717, 1.165) is 32.1 Å². The van der Waals surface area contributed by atoms with Gasteiger partial charge < -0.3 is 18.0 Å². The van der Waals surface area contributed by atoms with Crippen LogP contribution in [0.5, 0.6) is 0 Å². The number of unbranched alkanes of at least 4 members (excludes halogenated alkanes) is 15. The predicted octanol–water partition coefficient (Wildman–Crippen LogP) is 6.59. The SMILES string of the molecule is C=CC(=O)OCCCCCCCCCCCCCCCCCC[Si](OC(C)=O)(OC(C)=O)OC(C)=O. The molecule has 0 heterocycles. The first-order chi connectivity index (χ1) is 17.2. The summed E-state index contributed by atoms with van der Waals surface area (Å²) in [5, 5.41) is 0. The van der Waals surface area contributed by atoms with E-state index in [1.165, 1.54) is 91.1 Å². The number of hydrogen-bond acceptors (Lipinski definition) is 8. The second-order valence-corrected chi connectivity index (χ2v) is 11.7. The van der Waals surface area contributed by atoms with Gasteiger partial charge in [0.05, 0.1) is 12.7 Å². The Bertz CT molecular complexity index is 609. The Morgan fingerprint density at radius 3 is 1.17 bits per heavy atom. The minimum atomic E-state index is -3.67. The molecular weight excluding hydrogens is 480 g/mol. The van der Waals surface area contributed by atoms with E-state index in [4.69, 9.17) is 18.0 Å². The highest BCUT2D eigenvalue weighted by atomic mass is 28.4. The number of esters is 1. The van der Waals surface area contributed by atoms with Crippen molar-refractivity contribution in [1.82, 2.24) is 0 Å². The smallest absolute Gasteiger partial charge is 0.463 e. The fraction of sp³-hybridized carbons (Fsp3) is 0.778. The molecule has 0 aromatic heterocycles. The van der Waals surface area contributed by atoms with Gasteiger partial charge in [0.1, 0.15) is 0 Å². The van der Waals surface area contributed by atoms with Crippen molar-refractivity contribution in [1.29, 1.82) is 0 Å². The lowest BCUT2D eigenvalue weighted by Crippen LogP contribution is -2.49. The van der Waals surface area contributed by atoms with E-state index in [1.807, 2.05) is 0 Å². The standard InChI is InChI=1S/C27H48O8Si/c1-5-27(31)32-22-20-18-16-14-12-10-8-6-7-9-11-13-15-17-19-21-23-36(33-24(2)28,34-25(3)29)35-26(4)30/h5H,1,6-23H2,2-4H3. The van der Waals surface area contributed by atoms with Gasteiger partial charge in [0.15, 0.2) is 0 Å². The number of rotatable bonds is 23. The average molecular weight is 529 g/mol. The molecule has 9 heteroatoms. The highest BCUT2D eigenvalue weighted by Crippen LogP contribution is 2.22. The molecule has 0 fully saturated rings. The van der Waals surface area contributed by atoms with Crippen LogP contribution in [0.2, 0.25) is 6.04 Å². The summed E-state index contributed by atoms with van der Waals surface area (Å²) in [6.45, 7) is 7.51. The maximum Gasteiger partial charge on any atom is 0.705 e. The predicted molar refractivity (Wildman–Crippen MR) is 141 cm³/mol. The van der Waals surface area contributed by atoms with Crippen LogP contribution in [0.3, 0.4) is 0 Å². The van der Waals surface area contributed by atoms with Crippen LogP contribution in [-0.2, 0) is 37.2 Å². The van der Waals surface area contributed by atoms with Crippen molar-refractivity contribution in [3.05, 3.63) is 12.7 Å². The van der Waals surface area contributed by atoms with Gasteiger partial charge in [-0.15, -0.1) is 0 Å². The Morgan fingerprint density at radius 1 is 0.556 bits per heavy atom. The van der Waals surface area contributed by atoms with Gasteiger partial charge in [-0.1, -0.05) is 96.5 Å². The summed E-state index contributed by atoms with van der Waals surface area (Å²) in [5.41, 5.74) is 0. The number of ether oxygens (including phenoxy) is 1. The second-order valence-electron chi connectivity index (χ2n) is 9.24. The maximum absolute atomic E-state index is 11.5. The highest BCUT2D eigenvalue weighted by Gasteiger charge is 2.51. The van der Waals surface area contributed by atoms with Crippen molar-refractivity contribution in [3.63, 3.8) is 0 Å². The van der Waals surface area contributed by atoms with Crippen LogP contribution in [-0.4, -0.2) is 39.3 Å². The molecule has 0 saturated heterocycles. The molecule has 0 aliphatic heterocycles. The molecule has 0 spiro atoms. The zero-order valence-electron chi connectivity index (χ0n) is 22.8. The third-order valence-corrected chi connectivity index (χ3v) is 8.45. The van der Waals surface area contributed by atoms with Gasteiger partial charge in [-0.2, -0.15) is 0 Å². The Balaban J connectivity index is 3.66. The van der Waals surface area contributed by atoms with Crippen LogP contribution < -0.4 is 0 Å². The molecule has 0 radical (unpaired) electrons. The van der Waals surface area contributed by atoms with Gasteiger partial charge >= 0.3 is 14.8 Å². The Hall–Kier alpha value is -2.16. The van der Waals surface area contributed by atoms with Gasteiger partial charge in [0.2, 0.25) is 0 Å².